The van der Waals surface area contributed by atoms with Crippen molar-refractivity contribution in [2.45, 2.75) is 43.5 Å². The van der Waals surface area contributed by atoms with Crippen LogP contribution in [0.4, 0.5) is 18.0 Å². The van der Waals surface area contributed by atoms with Gasteiger partial charge in [0, 0.05) is 32.1 Å². The largest absolute Gasteiger partial charge is 0.493 e. The lowest BCUT2D eigenvalue weighted by Crippen LogP contribution is -2.63. The minimum absolute atomic E-state index is 0.0347. The van der Waals surface area contributed by atoms with Crippen molar-refractivity contribution in [2.24, 2.45) is 5.41 Å². The molecule has 3 saturated heterocycles. The molecule has 0 spiro atoms. The van der Waals surface area contributed by atoms with Crippen LogP contribution in [0.3, 0.4) is 0 Å². The van der Waals surface area contributed by atoms with E-state index in [-0.39, 0.29) is 56.1 Å². The zero-order chi connectivity index (χ0) is 22.5. The van der Waals surface area contributed by atoms with Gasteiger partial charge in [-0.25, -0.2) is 4.79 Å². The third-order valence-corrected chi connectivity index (χ3v) is 7.07. The van der Waals surface area contributed by atoms with Gasteiger partial charge in [0.25, 0.3) is 0 Å². The summed E-state index contributed by atoms with van der Waals surface area (Å²) < 4.78 is 50.0. The molecule has 0 radical (unpaired) electrons. The fraction of sp³-hybridized carbons (Fsp3) is 0.636. The van der Waals surface area contributed by atoms with Gasteiger partial charge in [0.15, 0.2) is 0 Å². The molecule has 7 nitrogen and oxygen atoms in total. The van der Waals surface area contributed by atoms with E-state index in [1.54, 1.807) is 21.9 Å². The molecule has 0 unspecified atom stereocenters. The Hall–Kier alpha value is -2.49. The molecule has 1 aromatic rings. The molecule has 1 saturated carbocycles. The number of hydrogen-bond donors (Lipinski definition) is 1. The van der Waals surface area contributed by atoms with Crippen LogP contribution in [0.2, 0.25) is 0 Å². The normalized spacial score (nSPS) is 27.3. The third kappa shape index (κ3) is 4.00. The molecule has 1 aliphatic carbocycles. The van der Waals surface area contributed by atoms with E-state index in [4.69, 9.17) is 9.47 Å². The van der Waals surface area contributed by atoms with Crippen molar-refractivity contribution in [1.29, 1.82) is 0 Å². The molecule has 174 valence electrons. The van der Waals surface area contributed by atoms with E-state index in [2.05, 4.69) is 5.32 Å². The molecule has 10 heteroatoms. The lowest BCUT2D eigenvalue weighted by molar-refractivity contribution is -0.194. The predicted octanol–water partition coefficient (Wildman–Crippen LogP) is 2.52. The molecule has 4 fully saturated rings. The average molecular weight is 453 g/mol. The number of likely N-dealkylation sites (tertiary alicyclic amines) is 2. The first-order valence-electron chi connectivity index (χ1n) is 11.0. The molecule has 3 heterocycles. The summed E-state index contributed by atoms with van der Waals surface area (Å²) in [6, 6.07) is 6.91. The van der Waals surface area contributed by atoms with Gasteiger partial charge >= 0.3 is 12.2 Å². The summed E-state index contributed by atoms with van der Waals surface area (Å²) in [7, 11) is 0. The van der Waals surface area contributed by atoms with Gasteiger partial charge < -0.3 is 24.6 Å². The van der Waals surface area contributed by atoms with Crippen LogP contribution in [-0.2, 0) is 9.53 Å². The Morgan fingerprint density at radius 3 is 2.53 bits per heavy atom. The number of morpholine rings is 1. The first kappa shape index (κ1) is 21.4. The molecular formula is C22H26F3N3O4. The van der Waals surface area contributed by atoms with Gasteiger partial charge in [-0.3, -0.25) is 4.79 Å². The van der Waals surface area contributed by atoms with Crippen LogP contribution in [0.5, 0.6) is 5.75 Å². The third-order valence-electron chi connectivity index (χ3n) is 7.07. The van der Waals surface area contributed by atoms with Crippen LogP contribution in [0, 0.1) is 5.41 Å². The molecule has 1 N–H and O–H groups in total. The summed E-state index contributed by atoms with van der Waals surface area (Å²) in [5.74, 6) is 0.465. The fourth-order valence-corrected chi connectivity index (χ4v) is 4.64. The van der Waals surface area contributed by atoms with Crippen LogP contribution in [0.15, 0.2) is 24.3 Å². The topological polar surface area (TPSA) is 71.1 Å². The van der Waals surface area contributed by atoms with E-state index < -0.39 is 11.6 Å². The number of amides is 3. The number of rotatable bonds is 4. The number of ether oxygens (including phenoxy) is 2. The van der Waals surface area contributed by atoms with Crippen molar-refractivity contribution in [3.63, 3.8) is 0 Å². The van der Waals surface area contributed by atoms with Crippen molar-refractivity contribution in [3.8, 4) is 5.75 Å². The summed E-state index contributed by atoms with van der Waals surface area (Å²) in [6.45, 7) is 1.96. The van der Waals surface area contributed by atoms with Crippen LogP contribution in [0.1, 0.15) is 30.7 Å². The van der Waals surface area contributed by atoms with Gasteiger partial charge in [0.2, 0.25) is 5.91 Å². The van der Waals surface area contributed by atoms with E-state index >= 15 is 0 Å². The maximum atomic E-state index is 13.0. The Labute approximate surface area is 183 Å². The van der Waals surface area contributed by atoms with Gasteiger partial charge in [0.1, 0.15) is 24.4 Å². The number of urea groups is 1. The molecule has 5 rings (SSSR count). The lowest BCUT2D eigenvalue weighted by atomic mass is 9.91. The zero-order valence-electron chi connectivity index (χ0n) is 17.6. The van der Waals surface area contributed by atoms with Gasteiger partial charge in [0.05, 0.1) is 12.1 Å². The Balaban J connectivity index is 1.10. The van der Waals surface area contributed by atoms with Crippen LogP contribution < -0.4 is 10.1 Å². The minimum Gasteiger partial charge on any atom is -0.493 e. The number of piperidine rings is 1. The second-order valence-electron chi connectivity index (χ2n) is 9.28. The quantitative estimate of drug-likeness (QED) is 0.761. The SMILES string of the molecule is O=C1CO[C@H]2CCN(C(=O)N3CC(c4ccc(OCC5(C(F)(F)F)CC5)cc4)C3)C[C@H]2N1. The Morgan fingerprint density at radius 2 is 1.88 bits per heavy atom. The molecule has 1 aromatic carbocycles. The highest BCUT2D eigenvalue weighted by atomic mass is 19.4. The van der Waals surface area contributed by atoms with Crippen LogP contribution in [0.25, 0.3) is 0 Å². The number of fused-ring (bicyclic) bond motifs is 1. The molecule has 4 aliphatic rings. The molecular weight excluding hydrogens is 427 g/mol. The van der Waals surface area contributed by atoms with Crippen molar-refractivity contribution >= 4 is 11.9 Å². The van der Waals surface area contributed by atoms with E-state index in [0.29, 0.717) is 38.3 Å². The van der Waals surface area contributed by atoms with Gasteiger partial charge in [-0.15, -0.1) is 0 Å². The van der Waals surface area contributed by atoms with E-state index in [0.717, 1.165) is 5.56 Å². The Kier molecular flexibility index (Phi) is 5.22. The number of nitrogens with one attached hydrogen (secondary N) is 1. The lowest BCUT2D eigenvalue weighted by Gasteiger charge is -2.46. The summed E-state index contributed by atoms with van der Waals surface area (Å²) in [4.78, 5) is 27.9. The first-order chi connectivity index (χ1) is 15.2. The standard InChI is InChI=1S/C22H26F3N3O4/c23-22(24,25)21(6-7-21)13-32-16-3-1-14(2-4-16)15-9-28(10-15)20(30)27-8-5-18-17(11-27)26-19(29)12-31-18/h1-4,15,17-18H,5-13H2,(H,26,29)/t17-,18+/m1/s1. The number of halogens is 3. The highest BCUT2D eigenvalue weighted by Gasteiger charge is 2.63. The highest BCUT2D eigenvalue weighted by molar-refractivity contribution is 5.79. The van der Waals surface area contributed by atoms with E-state index in [1.807, 2.05) is 12.1 Å². The number of carbonyl (C=O) groups excluding carboxylic acids is 2. The monoisotopic (exact) mass is 453 g/mol. The summed E-state index contributed by atoms with van der Waals surface area (Å²) in [5.41, 5.74) is -0.647. The second-order valence-corrected chi connectivity index (χ2v) is 9.28. The second kappa shape index (κ2) is 7.83. The molecule has 3 aliphatic heterocycles. The summed E-state index contributed by atoms with van der Waals surface area (Å²) in [5, 5.41) is 2.90. The Morgan fingerprint density at radius 1 is 1.16 bits per heavy atom. The molecule has 2 atom stereocenters. The number of carbonyl (C=O) groups is 2. The van der Waals surface area contributed by atoms with Crippen molar-refractivity contribution in [2.75, 3.05) is 39.4 Å². The summed E-state index contributed by atoms with van der Waals surface area (Å²) >= 11 is 0. The van der Waals surface area contributed by atoms with Gasteiger partial charge in [-0.2, -0.15) is 13.2 Å². The van der Waals surface area contributed by atoms with E-state index in [1.165, 1.54) is 0 Å². The fourth-order valence-electron chi connectivity index (χ4n) is 4.64. The maximum Gasteiger partial charge on any atom is 0.397 e. The number of nitrogens with zero attached hydrogens (tertiary/aromatic N) is 2. The van der Waals surface area contributed by atoms with Gasteiger partial charge in [-0.05, 0) is 37.0 Å². The van der Waals surface area contributed by atoms with Crippen molar-refractivity contribution in [1.82, 2.24) is 15.1 Å². The molecule has 32 heavy (non-hydrogen) atoms. The Bertz CT molecular complexity index is 881. The average Bonchev–Trinajstić information content (AvgIpc) is 3.53. The van der Waals surface area contributed by atoms with Gasteiger partial charge in [-0.1, -0.05) is 12.1 Å². The number of alkyl halides is 3. The molecule has 0 aromatic heterocycles. The number of benzene rings is 1. The molecule has 0 bridgehead atoms. The van der Waals surface area contributed by atoms with Crippen LogP contribution >= 0.6 is 0 Å². The molecule has 3 amide bonds. The minimum atomic E-state index is -4.22. The van der Waals surface area contributed by atoms with E-state index in [9.17, 15) is 22.8 Å². The first-order valence-corrected chi connectivity index (χ1v) is 11.0. The van der Waals surface area contributed by atoms with Crippen molar-refractivity contribution < 1.29 is 32.2 Å². The predicted molar refractivity (Wildman–Crippen MR) is 107 cm³/mol. The highest BCUT2D eigenvalue weighted by Crippen LogP contribution is 2.57. The van der Waals surface area contributed by atoms with Crippen LogP contribution in [-0.4, -0.2) is 79.5 Å². The number of hydrogen-bond acceptors (Lipinski definition) is 4. The van der Waals surface area contributed by atoms with Crippen molar-refractivity contribution in [3.05, 3.63) is 29.8 Å². The maximum absolute atomic E-state index is 13.0. The smallest absolute Gasteiger partial charge is 0.397 e. The summed E-state index contributed by atoms with van der Waals surface area (Å²) in [6.07, 6.45) is -3.31. The zero-order valence-corrected chi connectivity index (χ0v) is 17.6.